The molecule has 1 heterocycles. The van der Waals surface area contributed by atoms with Crippen molar-refractivity contribution in [2.24, 2.45) is 0 Å². The molecule has 0 radical (unpaired) electrons. The monoisotopic (exact) mass is 141 g/mol. The van der Waals surface area contributed by atoms with Crippen LogP contribution in [0.2, 0.25) is 0 Å². The van der Waals surface area contributed by atoms with Crippen LogP contribution in [-0.4, -0.2) is 20.1 Å². The van der Waals surface area contributed by atoms with Gasteiger partial charge in [-0.1, -0.05) is 0 Å². The van der Waals surface area contributed by atoms with Crippen molar-refractivity contribution in [3.63, 3.8) is 0 Å². The minimum atomic E-state index is -0.754. The van der Waals surface area contributed by atoms with Gasteiger partial charge in [0.15, 0.2) is 0 Å². The van der Waals surface area contributed by atoms with Gasteiger partial charge >= 0.3 is 5.69 Å². The summed E-state index contributed by atoms with van der Waals surface area (Å²) in [5.41, 5.74) is -0.495. The SMILES string of the molecule is CC(O)c1ncnc(=O)[nH]1. The first-order valence-electron chi connectivity index (χ1n) is 2.79. The van der Waals surface area contributed by atoms with Gasteiger partial charge in [0.25, 0.3) is 0 Å². The number of aliphatic hydroxyl groups is 1. The Hall–Kier alpha value is -1.23. The number of rotatable bonds is 1. The minimum Gasteiger partial charge on any atom is -0.385 e. The van der Waals surface area contributed by atoms with Crippen LogP contribution in [0.5, 0.6) is 0 Å². The molecule has 0 amide bonds. The van der Waals surface area contributed by atoms with Gasteiger partial charge in [-0.05, 0) is 6.92 Å². The van der Waals surface area contributed by atoms with Crippen LogP contribution in [0.3, 0.4) is 0 Å². The van der Waals surface area contributed by atoms with Gasteiger partial charge in [-0.15, -0.1) is 0 Å². The molecule has 1 atom stereocenters. The molecule has 10 heavy (non-hydrogen) atoms. The van der Waals surface area contributed by atoms with E-state index in [4.69, 9.17) is 5.11 Å². The van der Waals surface area contributed by atoms with E-state index in [2.05, 4.69) is 15.0 Å². The topological polar surface area (TPSA) is 78.9 Å². The van der Waals surface area contributed by atoms with E-state index >= 15 is 0 Å². The highest BCUT2D eigenvalue weighted by atomic mass is 16.3. The summed E-state index contributed by atoms with van der Waals surface area (Å²) in [4.78, 5) is 19.7. The molecule has 0 aliphatic carbocycles. The zero-order valence-electron chi connectivity index (χ0n) is 5.40. The van der Waals surface area contributed by atoms with Crippen molar-refractivity contribution >= 4 is 0 Å². The highest BCUT2D eigenvalue weighted by molar-refractivity contribution is 4.84. The smallest absolute Gasteiger partial charge is 0.347 e. The maximum Gasteiger partial charge on any atom is 0.347 e. The summed E-state index contributed by atoms with van der Waals surface area (Å²) in [5, 5.41) is 8.89. The molecule has 2 N–H and O–H groups in total. The lowest BCUT2D eigenvalue weighted by atomic mass is 10.4. The van der Waals surface area contributed by atoms with Crippen molar-refractivity contribution in [2.45, 2.75) is 13.0 Å². The molecular formula is C5H7N3O2. The summed E-state index contributed by atoms with van der Waals surface area (Å²) in [5.74, 6) is 0.236. The Morgan fingerprint density at radius 1 is 1.70 bits per heavy atom. The number of nitrogens with zero attached hydrogens (tertiary/aromatic N) is 2. The van der Waals surface area contributed by atoms with E-state index in [1.807, 2.05) is 0 Å². The van der Waals surface area contributed by atoms with E-state index < -0.39 is 11.8 Å². The molecule has 1 rings (SSSR count). The van der Waals surface area contributed by atoms with E-state index in [1.54, 1.807) is 0 Å². The fourth-order valence-corrected chi connectivity index (χ4v) is 0.530. The van der Waals surface area contributed by atoms with Gasteiger partial charge in [-0.2, -0.15) is 4.98 Å². The van der Waals surface area contributed by atoms with Crippen molar-refractivity contribution in [3.05, 3.63) is 22.6 Å². The minimum absolute atomic E-state index is 0.236. The van der Waals surface area contributed by atoms with Crippen LogP contribution in [0.1, 0.15) is 18.9 Å². The molecule has 0 saturated carbocycles. The van der Waals surface area contributed by atoms with Gasteiger partial charge in [0.1, 0.15) is 18.3 Å². The van der Waals surface area contributed by atoms with Crippen molar-refractivity contribution in [1.82, 2.24) is 15.0 Å². The van der Waals surface area contributed by atoms with Crippen LogP contribution in [0.15, 0.2) is 11.1 Å². The number of aromatic amines is 1. The number of H-pyrrole nitrogens is 1. The van der Waals surface area contributed by atoms with Gasteiger partial charge in [-0.3, -0.25) is 4.98 Å². The van der Waals surface area contributed by atoms with Gasteiger partial charge in [0, 0.05) is 0 Å². The van der Waals surface area contributed by atoms with E-state index in [0.29, 0.717) is 0 Å². The highest BCUT2D eigenvalue weighted by Gasteiger charge is 2.00. The standard InChI is InChI=1S/C5H7N3O2/c1-3(9)4-6-2-7-5(10)8-4/h2-3,9H,1H3,(H,6,7,8,10). The quantitative estimate of drug-likeness (QED) is 0.537. The van der Waals surface area contributed by atoms with Crippen LogP contribution < -0.4 is 5.69 Å². The number of hydrogen-bond acceptors (Lipinski definition) is 4. The zero-order valence-corrected chi connectivity index (χ0v) is 5.40. The lowest BCUT2D eigenvalue weighted by Gasteiger charge is -1.99. The Balaban J connectivity index is 3.07. The first-order chi connectivity index (χ1) is 4.70. The molecule has 1 unspecified atom stereocenters. The summed E-state index contributed by atoms with van der Waals surface area (Å²) in [6.07, 6.45) is 0.358. The molecule has 0 saturated heterocycles. The Labute approximate surface area is 56.8 Å². The molecule has 0 aromatic carbocycles. The van der Waals surface area contributed by atoms with Crippen molar-refractivity contribution in [1.29, 1.82) is 0 Å². The van der Waals surface area contributed by atoms with Crippen molar-refractivity contribution in [3.8, 4) is 0 Å². The Morgan fingerprint density at radius 3 is 2.80 bits per heavy atom. The van der Waals surface area contributed by atoms with Crippen LogP contribution >= 0.6 is 0 Å². The van der Waals surface area contributed by atoms with Gasteiger partial charge in [0.05, 0.1) is 0 Å². The number of nitrogens with one attached hydrogen (secondary N) is 1. The van der Waals surface area contributed by atoms with E-state index in [9.17, 15) is 4.79 Å². The number of hydrogen-bond donors (Lipinski definition) is 2. The normalized spacial score (nSPS) is 13.0. The molecule has 1 aromatic heterocycles. The first kappa shape index (κ1) is 6.88. The lowest BCUT2D eigenvalue weighted by molar-refractivity contribution is 0.188. The average Bonchev–Trinajstić information content (AvgIpc) is 1.88. The maximum atomic E-state index is 10.5. The summed E-state index contributed by atoms with van der Waals surface area (Å²) in [7, 11) is 0. The first-order valence-corrected chi connectivity index (χ1v) is 2.79. The van der Waals surface area contributed by atoms with Crippen LogP contribution in [0.25, 0.3) is 0 Å². The van der Waals surface area contributed by atoms with Crippen LogP contribution in [0.4, 0.5) is 0 Å². The fraction of sp³-hybridized carbons (Fsp3) is 0.400. The molecule has 5 heteroatoms. The third-order valence-corrected chi connectivity index (χ3v) is 1.00. The van der Waals surface area contributed by atoms with Crippen molar-refractivity contribution < 1.29 is 5.11 Å². The zero-order chi connectivity index (χ0) is 7.56. The predicted molar refractivity (Wildman–Crippen MR) is 33.3 cm³/mol. The molecule has 0 bridgehead atoms. The Kier molecular flexibility index (Phi) is 1.77. The molecule has 1 aromatic rings. The fourth-order valence-electron chi connectivity index (χ4n) is 0.530. The molecule has 0 spiro atoms. The second kappa shape index (κ2) is 2.57. The second-order valence-electron chi connectivity index (χ2n) is 1.87. The lowest BCUT2D eigenvalue weighted by Crippen LogP contribution is -2.14. The van der Waals surface area contributed by atoms with E-state index in [0.717, 1.165) is 6.33 Å². The molecule has 0 aliphatic rings. The van der Waals surface area contributed by atoms with E-state index in [-0.39, 0.29) is 5.82 Å². The third kappa shape index (κ3) is 1.38. The molecule has 5 nitrogen and oxygen atoms in total. The Morgan fingerprint density at radius 2 is 2.40 bits per heavy atom. The van der Waals surface area contributed by atoms with Crippen LogP contribution in [-0.2, 0) is 0 Å². The van der Waals surface area contributed by atoms with E-state index in [1.165, 1.54) is 6.92 Å². The van der Waals surface area contributed by atoms with Crippen molar-refractivity contribution in [2.75, 3.05) is 0 Å². The molecule has 54 valence electrons. The van der Waals surface area contributed by atoms with Gasteiger partial charge in [0.2, 0.25) is 0 Å². The van der Waals surface area contributed by atoms with Gasteiger partial charge < -0.3 is 5.11 Å². The second-order valence-corrected chi connectivity index (χ2v) is 1.87. The predicted octanol–water partition coefficient (Wildman–Crippen LogP) is -0.782. The summed E-state index contributed by atoms with van der Waals surface area (Å²) in [6, 6.07) is 0. The largest absolute Gasteiger partial charge is 0.385 e. The third-order valence-electron chi connectivity index (χ3n) is 1.00. The molecule has 0 fully saturated rings. The highest BCUT2D eigenvalue weighted by Crippen LogP contribution is 1.99. The number of aromatic nitrogens is 3. The number of aliphatic hydroxyl groups excluding tert-OH is 1. The summed E-state index contributed by atoms with van der Waals surface area (Å²) in [6.45, 7) is 1.51. The van der Waals surface area contributed by atoms with Crippen LogP contribution in [0, 0.1) is 0 Å². The summed E-state index contributed by atoms with van der Waals surface area (Å²) >= 11 is 0. The molecular weight excluding hydrogens is 134 g/mol. The average molecular weight is 141 g/mol. The van der Waals surface area contributed by atoms with Gasteiger partial charge in [-0.25, -0.2) is 9.78 Å². The summed E-state index contributed by atoms with van der Waals surface area (Å²) < 4.78 is 0. The molecule has 0 aliphatic heterocycles. The maximum absolute atomic E-state index is 10.5. The Bertz CT molecular complexity index is 268.